The number of amides is 1. The molecule has 5 rings (SSSR count). The van der Waals surface area contributed by atoms with Crippen LogP contribution < -0.4 is 19.5 Å². The molecular formula is C30H29N3O4. The fourth-order valence-corrected chi connectivity index (χ4v) is 4.55. The number of carbonyl (C=O) groups excluding carboxylic acids is 1. The van der Waals surface area contributed by atoms with Crippen LogP contribution in [0.25, 0.3) is 33.1 Å². The molecule has 1 amide bonds. The van der Waals surface area contributed by atoms with Crippen LogP contribution >= 0.6 is 0 Å². The quantitative estimate of drug-likeness (QED) is 0.271. The zero-order chi connectivity index (χ0) is 25.8. The van der Waals surface area contributed by atoms with Crippen LogP contribution in [-0.2, 0) is 6.42 Å². The van der Waals surface area contributed by atoms with Gasteiger partial charge in [0.1, 0.15) is 11.4 Å². The molecule has 2 aromatic heterocycles. The molecule has 0 atom stereocenters. The third-order valence-electron chi connectivity index (χ3n) is 6.32. The second-order valence-electron chi connectivity index (χ2n) is 8.57. The van der Waals surface area contributed by atoms with Crippen molar-refractivity contribution in [1.29, 1.82) is 0 Å². The molecule has 0 fully saturated rings. The van der Waals surface area contributed by atoms with E-state index in [1.807, 2.05) is 79.7 Å². The minimum absolute atomic E-state index is 0.234. The lowest BCUT2D eigenvalue weighted by Crippen LogP contribution is -2.26. The van der Waals surface area contributed by atoms with Crippen molar-refractivity contribution in [2.45, 2.75) is 13.3 Å². The maximum absolute atomic E-state index is 13.3. The van der Waals surface area contributed by atoms with Gasteiger partial charge in [-0.25, -0.2) is 4.98 Å². The Morgan fingerprint density at radius 1 is 0.892 bits per heavy atom. The third-order valence-corrected chi connectivity index (χ3v) is 6.32. The van der Waals surface area contributed by atoms with E-state index in [0.717, 1.165) is 38.7 Å². The van der Waals surface area contributed by atoms with Crippen molar-refractivity contribution in [3.8, 4) is 28.5 Å². The number of para-hydroxylation sites is 2. The van der Waals surface area contributed by atoms with Crippen LogP contribution in [0.3, 0.4) is 0 Å². The van der Waals surface area contributed by atoms with Crippen molar-refractivity contribution >= 4 is 27.7 Å². The van der Waals surface area contributed by atoms with E-state index < -0.39 is 0 Å². The van der Waals surface area contributed by atoms with Crippen LogP contribution in [0.4, 0.5) is 0 Å². The van der Waals surface area contributed by atoms with Gasteiger partial charge in [0.05, 0.1) is 32.0 Å². The number of hydrogen-bond acceptors (Lipinski definition) is 5. The molecule has 0 bridgehead atoms. The van der Waals surface area contributed by atoms with Crippen molar-refractivity contribution in [2.75, 3.05) is 27.4 Å². The predicted molar refractivity (Wildman–Crippen MR) is 146 cm³/mol. The summed E-state index contributed by atoms with van der Waals surface area (Å²) >= 11 is 0. The Morgan fingerprint density at radius 2 is 1.68 bits per heavy atom. The first-order chi connectivity index (χ1) is 18.1. The number of H-pyrrole nitrogens is 1. The molecule has 0 aliphatic rings. The van der Waals surface area contributed by atoms with Gasteiger partial charge >= 0.3 is 0 Å². The number of ether oxygens (including phenoxy) is 3. The highest BCUT2D eigenvalue weighted by molar-refractivity contribution is 6.13. The Balaban J connectivity index is 1.48. The second-order valence-corrected chi connectivity index (χ2v) is 8.57. The van der Waals surface area contributed by atoms with Crippen molar-refractivity contribution in [3.05, 3.63) is 84.1 Å². The molecule has 0 aliphatic carbocycles. The number of benzene rings is 3. The lowest BCUT2D eigenvalue weighted by atomic mass is 10.1. The molecule has 0 aliphatic heterocycles. The van der Waals surface area contributed by atoms with Gasteiger partial charge in [-0.1, -0.05) is 36.4 Å². The summed E-state index contributed by atoms with van der Waals surface area (Å²) in [5.74, 6) is 1.83. The van der Waals surface area contributed by atoms with E-state index >= 15 is 0 Å². The molecule has 37 heavy (non-hydrogen) atoms. The number of nitrogens with one attached hydrogen (secondary N) is 2. The van der Waals surface area contributed by atoms with Crippen LogP contribution in [-0.4, -0.2) is 43.2 Å². The largest absolute Gasteiger partial charge is 0.493 e. The molecule has 0 unspecified atom stereocenters. The van der Waals surface area contributed by atoms with Gasteiger partial charge in [-0.15, -0.1) is 0 Å². The molecule has 0 saturated carbocycles. The smallest absolute Gasteiger partial charge is 0.269 e. The standard InChI is InChI=1S/C30H29N3O4/c1-4-37-25-12-8-6-10-21(25)28-29-22(20-9-5-7-11-23(20)32-29)18-24(33-28)30(34)31-16-15-19-13-14-26(35-2)27(17-19)36-3/h5-14,17-18,32H,4,15-16H2,1-3H3,(H,31,34). The van der Waals surface area contributed by atoms with E-state index in [9.17, 15) is 4.79 Å². The molecule has 3 aromatic carbocycles. The van der Waals surface area contributed by atoms with Gasteiger partial charge in [0.15, 0.2) is 11.5 Å². The first kappa shape index (κ1) is 24.2. The number of pyridine rings is 1. The number of nitrogens with zero attached hydrogens (tertiary/aromatic N) is 1. The second kappa shape index (κ2) is 10.6. The topological polar surface area (TPSA) is 85.5 Å². The first-order valence-electron chi connectivity index (χ1n) is 12.3. The highest BCUT2D eigenvalue weighted by Crippen LogP contribution is 2.36. The summed E-state index contributed by atoms with van der Waals surface area (Å²) in [6.45, 7) is 2.93. The number of carbonyl (C=O) groups is 1. The van der Waals surface area contributed by atoms with E-state index in [-0.39, 0.29) is 5.91 Å². The number of aromatic amines is 1. The zero-order valence-electron chi connectivity index (χ0n) is 21.1. The summed E-state index contributed by atoms with van der Waals surface area (Å²) < 4.78 is 16.6. The van der Waals surface area contributed by atoms with Crippen molar-refractivity contribution in [2.24, 2.45) is 0 Å². The molecule has 0 radical (unpaired) electrons. The molecule has 2 heterocycles. The molecule has 188 valence electrons. The summed E-state index contributed by atoms with van der Waals surface area (Å²) in [5, 5.41) is 5.00. The average molecular weight is 496 g/mol. The minimum Gasteiger partial charge on any atom is -0.493 e. The Kier molecular flexibility index (Phi) is 6.94. The Labute approximate surface area is 215 Å². The monoisotopic (exact) mass is 495 g/mol. The van der Waals surface area contributed by atoms with E-state index in [1.165, 1.54) is 0 Å². The lowest BCUT2D eigenvalue weighted by molar-refractivity contribution is 0.0949. The predicted octanol–water partition coefficient (Wildman–Crippen LogP) is 5.77. The van der Waals surface area contributed by atoms with Crippen LogP contribution in [0.1, 0.15) is 23.0 Å². The number of aromatic nitrogens is 2. The highest BCUT2D eigenvalue weighted by Gasteiger charge is 2.19. The number of methoxy groups -OCH3 is 2. The summed E-state index contributed by atoms with van der Waals surface area (Å²) in [4.78, 5) is 21.6. The average Bonchev–Trinajstić information content (AvgIpc) is 3.31. The molecule has 2 N–H and O–H groups in total. The first-order valence-corrected chi connectivity index (χ1v) is 12.3. The van der Waals surface area contributed by atoms with Gasteiger partial charge in [0.2, 0.25) is 0 Å². The summed E-state index contributed by atoms with van der Waals surface area (Å²) in [5.41, 5.74) is 4.76. The van der Waals surface area contributed by atoms with Gasteiger partial charge in [-0.2, -0.15) is 0 Å². The van der Waals surface area contributed by atoms with E-state index in [0.29, 0.717) is 42.5 Å². The highest BCUT2D eigenvalue weighted by atomic mass is 16.5. The zero-order valence-corrected chi connectivity index (χ0v) is 21.1. The summed E-state index contributed by atoms with van der Waals surface area (Å²) in [6.07, 6.45) is 0.640. The van der Waals surface area contributed by atoms with Gasteiger partial charge in [-0.05, 0) is 55.3 Å². The van der Waals surface area contributed by atoms with Crippen molar-refractivity contribution in [1.82, 2.24) is 15.3 Å². The SMILES string of the molecule is CCOc1ccccc1-c1nc(C(=O)NCCc2ccc(OC)c(OC)c2)cc2c1[nH]c1ccccc12. The summed E-state index contributed by atoms with van der Waals surface area (Å²) in [6, 6.07) is 23.4. The minimum atomic E-state index is -0.234. The van der Waals surface area contributed by atoms with Gasteiger partial charge in [0.25, 0.3) is 5.91 Å². The maximum atomic E-state index is 13.3. The number of hydrogen-bond donors (Lipinski definition) is 2. The van der Waals surface area contributed by atoms with Crippen molar-refractivity contribution < 1.29 is 19.0 Å². The van der Waals surface area contributed by atoms with Gasteiger partial charge < -0.3 is 24.5 Å². The van der Waals surface area contributed by atoms with Gasteiger partial charge in [-0.3, -0.25) is 4.79 Å². The van der Waals surface area contributed by atoms with Crippen LogP contribution in [0.15, 0.2) is 72.8 Å². The molecule has 0 saturated heterocycles. The molecule has 0 spiro atoms. The van der Waals surface area contributed by atoms with Gasteiger partial charge in [0, 0.05) is 28.4 Å². The fraction of sp³-hybridized carbons (Fsp3) is 0.200. The molecule has 7 heteroatoms. The van der Waals surface area contributed by atoms with Crippen molar-refractivity contribution in [3.63, 3.8) is 0 Å². The Morgan fingerprint density at radius 3 is 2.49 bits per heavy atom. The summed E-state index contributed by atoms with van der Waals surface area (Å²) in [7, 11) is 3.22. The Bertz CT molecular complexity index is 1570. The molecule has 5 aromatic rings. The van der Waals surface area contributed by atoms with Crippen LogP contribution in [0.2, 0.25) is 0 Å². The third kappa shape index (κ3) is 4.80. The Hall–Kier alpha value is -4.52. The maximum Gasteiger partial charge on any atom is 0.269 e. The number of fused-ring (bicyclic) bond motifs is 3. The fourth-order valence-electron chi connectivity index (χ4n) is 4.55. The lowest BCUT2D eigenvalue weighted by Gasteiger charge is -2.12. The van der Waals surface area contributed by atoms with E-state index in [2.05, 4.69) is 10.3 Å². The normalized spacial score (nSPS) is 11.0. The van der Waals surface area contributed by atoms with E-state index in [4.69, 9.17) is 19.2 Å². The number of rotatable bonds is 9. The van der Waals surface area contributed by atoms with Crippen LogP contribution in [0.5, 0.6) is 17.2 Å². The van der Waals surface area contributed by atoms with Crippen LogP contribution in [0, 0.1) is 0 Å². The van der Waals surface area contributed by atoms with E-state index in [1.54, 1.807) is 14.2 Å². The molecule has 7 nitrogen and oxygen atoms in total. The molecular weight excluding hydrogens is 466 g/mol.